The highest BCUT2D eigenvalue weighted by Gasteiger charge is 2.23. The number of guanidine groups is 1. The predicted molar refractivity (Wildman–Crippen MR) is 122 cm³/mol. The van der Waals surface area contributed by atoms with Crippen molar-refractivity contribution in [1.82, 2.24) is 14.5 Å². The third-order valence-electron chi connectivity index (χ3n) is 4.12. The zero-order valence-corrected chi connectivity index (χ0v) is 19.6. The maximum absolute atomic E-state index is 12.4. The van der Waals surface area contributed by atoms with Gasteiger partial charge in [0.25, 0.3) is 0 Å². The van der Waals surface area contributed by atoms with Crippen LogP contribution in [0.3, 0.4) is 0 Å². The van der Waals surface area contributed by atoms with Gasteiger partial charge in [-0.3, -0.25) is 4.99 Å². The van der Waals surface area contributed by atoms with Crippen molar-refractivity contribution in [3.8, 4) is 0 Å². The van der Waals surface area contributed by atoms with Crippen LogP contribution < -0.4 is 5.32 Å². The lowest BCUT2D eigenvalue weighted by atomic mass is 10.1. The van der Waals surface area contributed by atoms with Crippen LogP contribution in [0.2, 0.25) is 0 Å². The molecule has 0 amide bonds. The molecular formula is C17H29IN4O2S2. The number of nitrogens with zero attached hydrogens (tertiary/aromatic N) is 3. The van der Waals surface area contributed by atoms with Gasteiger partial charge in [-0.1, -0.05) is 29.8 Å². The molecule has 26 heavy (non-hydrogen) atoms. The topological polar surface area (TPSA) is 65.0 Å². The first kappa shape index (κ1) is 23.5. The second-order valence-electron chi connectivity index (χ2n) is 6.14. The second kappa shape index (κ2) is 11.4. The maximum Gasteiger partial charge on any atom is 0.215 e. The molecule has 1 aliphatic rings. The molecule has 0 unspecified atom stereocenters. The van der Waals surface area contributed by atoms with Crippen LogP contribution in [0.4, 0.5) is 0 Å². The van der Waals surface area contributed by atoms with E-state index >= 15 is 0 Å². The molecular weight excluding hydrogens is 483 g/mol. The van der Waals surface area contributed by atoms with E-state index < -0.39 is 10.0 Å². The van der Waals surface area contributed by atoms with Crippen molar-refractivity contribution in [2.24, 2.45) is 4.99 Å². The summed E-state index contributed by atoms with van der Waals surface area (Å²) in [6, 6.07) is 8.36. The molecule has 1 saturated heterocycles. The summed E-state index contributed by atoms with van der Waals surface area (Å²) in [5, 5.41) is 3.16. The lowest BCUT2D eigenvalue weighted by Gasteiger charge is -2.26. The van der Waals surface area contributed by atoms with Gasteiger partial charge < -0.3 is 10.2 Å². The number of benzene rings is 1. The van der Waals surface area contributed by atoms with Crippen LogP contribution in [-0.4, -0.2) is 74.6 Å². The predicted octanol–water partition coefficient (Wildman–Crippen LogP) is 2.00. The van der Waals surface area contributed by atoms with Crippen LogP contribution in [0.15, 0.2) is 29.3 Å². The van der Waals surface area contributed by atoms with Crippen molar-refractivity contribution in [3.05, 3.63) is 35.4 Å². The van der Waals surface area contributed by atoms with Gasteiger partial charge in [-0.2, -0.15) is 11.8 Å². The van der Waals surface area contributed by atoms with Crippen molar-refractivity contribution in [1.29, 1.82) is 0 Å². The fourth-order valence-corrected chi connectivity index (χ4v) is 5.16. The van der Waals surface area contributed by atoms with Gasteiger partial charge in [0.2, 0.25) is 10.0 Å². The molecule has 6 nitrogen and oxygen atoms in total. The van der Waals surface area contributed by atoms with Crippen LogP contribution in [0.25, 0.3) is 0 Å². The SMILES string of the molecule is CN=C(NCCS(=O)(=O)N1CCSCC1)N(C)Cc1ccc(C)cc1.I. The molecule has 1 heterocycles. The smallest absolute Gasteiger partial charge is 0.215 e. The van der Waals surface area contributed by atoms with Crippen LogP contribution in [0, 0.1) is 6.92 Å². The number of thioether (sulfide) groups is 1. The van der Waals surface area contributed by atoms with Crippen molar-refractivity contribution >= 4 is 51.7 Å². The molecule has 1 N–H and O–H groups in total. The van der Waals surface area contributed by atoms with Gasteiger partial charge >= 0.3 is 0 Å². The Balaban J connectivity index is 0.00000338. The summed E-state index contributed by atoms with van der Waals surface area (Å²) in [5.41, 5.74) is 2.42. The average Bonchev–Trinajstić information content (AvgIpc) is 2.61. The van der Waals surface area contributed by atoms with E-state index in [0.29, 0.717) is 25.6 Å². The quantitative estimate of drug-likeness (QED) is 0.359. The van der Waals surface area contributed by atoms with Crippen molar-refractivity contribution in [3.63, 3.8) is 0 Å². The maximum atomic E-state index is 12.4. The van der Waals surface area contributed by atoms with E-state index in [1.54, 1.807) is 23.1 Å². The van der Waals surface area contributed by atoms with Gasteiger partial charge in [0.1, 0.15) is 0 Å². The van der Waals surface area contributed by atoms with E-state index in [0.717, 1.165) is 18.1 Å². The molecule has 1 aliphatic heterocycles. The summed E-state index contributed by atoms with van der Waals surface area (Å²) in [6.45, 7) is 4.38. The first-order chi connectivity index (χ1) is 11.9. The van der Waals surface area contributed by atoms with Crippen molar-refractivity contribution in [2.45, 2.75) is 13.5 Å². The molecule has 0 aromatic heterocycles. The molecule has 0 bridgehead atoms. The van der Waals surface area contributed by atoms with Crippen LogP contribution in [0.1, 0.15) is 11.1 Å². The Morgan fingerprint density at radius 1 is 1.27 bits per heavy atom. The van der Waals surface area contributed by atoms with Crippen molar-refractivity contribution < 1.29 is 8.42 Å². The van der Waals surface area contributed by atoms with Gasteiger partial charge in [0.15, 0.2) is 5.96 Å². The summed E-state index contributed by atoms with van der Waals surface area (Å²) in [4.78, 5) is 6.25. The number of nitrogens with one attached hydrogen (secondary N) is 1. The van der Waals surface area contributed by atoms with E-state index in [2.05, 4.69) is 41.5 Å². The molecule has 0 saturated carbocycles. The molecule has 1 fully saturated rings. The van der Waals surface area contributed by atoms with E-state index in [1.807, 2.05) is 11.9 Å². The number of sulfonamides is 1. The Morgan fingerprint density at radius 3 is 2.46 bits per heavy atom. The summed E-state index contributed by atoms with van der Waals surface area (Å²) >= 11 is 1.81. The summed E-state index contributed by atoms with van der Waals surface area (Å²) < 4.78 is 26.3. The Hall–Kier alpha value is -0.520. The Morgan fingerprint density at radius 2 is 1.88 bits per heavy atom. The number of hydrogen-bond donors (Lipinski definition) is 1. The van der Waals surface area contributed by atoms with Gasteiger partial charge in [-0.05, 0) is 12.5 Å². The Kier molecular flexibility index (Phi) is 10.3. The van der Waals surface area contributed by atoms with Crippen LogP contribution >= 0.6 is 35.7 Å². The largest absolute Gasteiger partial charge is 0.355 e. The Bertz CT molecular complexity index is 675. The molecule has 0 aliphatic carbocycles. The third-order valence-corrected chi connectivity index (χ3v) is 6.93. The highest BCUT2D eigenvalue weighted by molar-refractivity contribution is 14.0. The molecule has 0 spiro atoms. The van der Waals surface area contributed by atoms with E-state index in [4.69, 9.17) is 0 Å². The standard InChI is InChI=1S/C17H28N4O2S2.HI/c1-15-4-6-16(7-5-15)14-20(3)17(18-2)19-8-13-25(22,23)21-9-11-24-12-10-21;/h4-7H,8-14H2,1-3H3,(H,18,19);1H. The highest BCUT2D eigenvalue weighted by Crippen LogP contribution is 2.13. The fourth-order valence-electron chi connectivity index (χ4n) is 2.67. The van der Waals surface area contributed by atoms with E-state index in [-0.39, 0.29) is 29.7 Å². The first-order valence-electron chi connectivity index (χ1n) is 8.45. The molecule has 1 aromatic rings. The lowest BCUT2D eigenvalue weighted by Crippen LogP contribution is -2.44. The number of rotatable bonds is 6. The third kappa shape index (κ3) is 7.24. The highest BCUT2D eigenvalue weighted by atomic mass is 127. The molecule has 2 rings (SSSR count). The van der Waals surface area contributed by atoms with E-state index in [9.17, 15) is 8.42 Å². The monoisotopic (exact) mass is 512 g/mol. The van der Waals surface area contributed by atoms with E-state index in [1.165, 1.54) is 11.1 Å². The number of aryl methyl sites for hydroxylation is 1. The van der Waals surface area contributed by atoms with Gasteiger partial charge in [-0.25, -0.2) is 12.7 Å². The minimum absolute atomic E-state index is 0. The first-order valence-corrected chi connectivity index (χ1v) is 11.2. The molecule has 1 aromatic carbocycles. The zero-order chi connectivity index (χ0) is 18.3. The van der Waals surface area contributed by atoms with Crippen molar-refractivity contribution in [2.75, 3.05) is 51.0 Å². The molecule has 0 atom stereocenters. The minimum Gasteiger partial charge on any atom is -0.355 e. The zero-order valence-electron chi connectivity index (χ0n) is 15.6. The Labute approximate surface area is 178 Å². The minimum atomic E-state index is -3.19. The summed E-state index contributed by atoms with van der Waals surface area (Å²) in [5.74, 6) is 2.56. The second-order valence-corrected chi connectivity index (χ2v) is 9.46. The normalized spacial score (nSPS) is 16.0. The number of aliphatic imine (C=N–C) groups is 1. The van der Waals surface area contributed by atoms with Gasteiger partial charge in [-0.15, -0.1) is 24.0 Å². The van der Waals surface area contributed by atoms with Crippen LogP contribution in [-0.2, 0) is 16.6 Å². The average molecular weight is 512 g/mol. The summed E-state index contributed by atoms with van der Waals surface area (Å²) in [7, 11) is 0.470. The van der Waals surface area contributed by atoms with Gasteiger partial charge in [0.05, 0.1) is 5.75 Å². The number of halogens is 1. The fraction of sp³-hybridized carbons (Fsp3) is 0.588. The van der Waals surface area contributed by atoms with Gasteiger partial charge in [0, 0.05) is 51.8 Å². The lowest BCUT2D eigenvalue weighted by molar-refractivity contribution is 0.442. The molecule has 148 valence electrons. The number of hydrogen-bond acceptors (Lipinski definition) is 4. The molecule has 9 heteroatoms. The van der Waals surface area contributed by atoms with Crippen LogP contribution in [0.5, 0.6) is 0 Å². The summed E-state index contributed by atoms with van der Waals surface area (Å²) in [6.07, 6.45) is 0. The molecule has 0 radical (unpaired) electrons.